The van der Waals surface area contributed by atoms with E-state index in [1.54, 1.807) is 17.8 Å². The Balaban J connectivity index is 2.46. The maximum Gasteiger partial charge on any atom is 0.137 e. The van der Waals surface area contributed by atoms with Crippen molar-refractivity contribution < 1.29 is 4.74 Å². The molecule has 0 spiro atoms. The van der Waals surface area contributed by atoms with Crippen molar-refractivity contribution in [3.05, 3.63) is 29.8 Å². The molecule has 0 unspecified atom stereocenters. The van der Waals surface area contributed by atoms with Crippen LogP contribution in [-0.4, -0.2) is 18.6 Å². The summed E-state index contributed by atoms with van der Waals surface area (Å²) in [6, 6.07) is 9.43. The number of benzene rings is 1. The highest BCUT2D eigenvalue weighted by molar-refractivity contribution is 7.98. The van der Waals surface area contributed by atoms with Gasteiger partial charge in [-0.2, -0.15) is 17.0 Å². The largest absolute Gasteiger partial charge is 0.492 e. The van der Waals surface area contributed by atoms with E-state index in [2.05, 4.69) is 12.3 Å². The van der Waals surface area contributed by atoms with Gasteiger partial charge in [-0.1, -0.05) is 12.1 Å². The average molecular weight is 207 g/mol. The number of ether oxygens (including phenoxy) is 1. The van der Waals surface area contributed by atoms with Gasteiger partial charge in [0.1, 0.15) is 11.8 Å². The third-order valence-corrected chi connectivity index (χ3v) is 2.45. The van der Waals surface area contributed by atoms with Crippen LogP contribution in [0, 0.1) is 11.3 Å². The molecule has 3 heteroatoms. The van der Waals surface area contributed by atoms with E-state index < -0.39 is 0 Å². The molecule has 2 nitrogen and oxygen atoms in total. The van der Waals surface area contributed by atoms with Crippen LogP contribution in [0.4, 0.5) is 0 Å². The lowest BCUT2D eigenvalue weighted by Gasteiger charge is -2.06. The molecular formula is C11H13NOS. The lowest BCUT2D eigenvalue weighted by Crippen LogP contribution is -1.99. The molecule has 0 N–H and O–H groups in total. The van der Waals surface area contributed by atoms with Crippen molar-refractivity contribution in [3.8, 4) is 11.8 Å². The first-order chi connectivity index (χ1) is 6.88. The van der Waals surface area contributed by atoms with Crippen LogP contribution in [0.1, 0.15) is 12.0 Å². The van der Waals surface area contributed by atoms with Gasteiger partial charge in [0, 0.05) is 0 Å². The Hall–Kier alpha value is -1.14. The molecule has 1 aromatic carbocycles. The first-order valence-corrected chi connectivity index (χ1v) is 5.88. The maximum absolute atomic E-state index is 8.79. The van der Waals surface area contributed by atoms with Crippen molar-refractivity contribution in [1.82, 2.24) is 0 Å². The average Bonchev–Trinajstić information content (AvgIpc) is 2.25. The second kappa shape index (κ2) is 6.33. The number of rotatable bonds is 5. The molecule has 1 aromatic rings. The van der Waals surface area contributed by atoms with Gasteiger partial charge in [0.2, 0.25) is 0 Å². The fourth-order valence-electron chi connectivity index (χ4n) is 1.07. The molecule has 0 bridgehead atoms. The van der Waals surface area contributed by atoms with Crippen molar-refractivity contribution >= 4 is 11.8 Å². The van der Waals surface area contributed by atoms with E-state index in [9.17, 15) is 0 Å². The van der Waals surface area contributed by atoms with E-state index in [-0.39, 0.29) is 0 Å². The predicted octanol–water partition coefficient (Wildman–Crippen LogP) is 2.69. The van der Waals surface area contributed by atoms with Gasteiger partial charge in [-0.3, -0.25) is 0 Å². The summed E-state index contributed by atoms with van der Waals surface area (Å²) in [4.78, 5) is 0. The zero-order chi connectivity index (χ0) is 10.2. The van der Waals surface area contributed by atoms with Crippen LogP contribution in [0.25, 0.3) is 0 Å². The molecule has 0 aromatic heterocycles. The summed E-state index contributed by atoms with van der Waals surface area (Å²) in [6.45, 7) is 0.680. The molecule has 14 heavy (non-hydrogen) atoms. The summed E-state index contributed by atoms with van der Waals surface area (Å²) in [7, 11) is 0. The Morgan fingerprint density at radius 2 is 2.21 bits per heavy atom. The zero-order valence-corrected chi connectivity index (χ0v) is 9.01. The molecule has 0 heterocycles. The zero-order valence-electron chi connectivity index (χ0n) is 8.19. The van der Waals surface area contributed by atoms with Gasteiger partial charge in [0.15, 0.2) is 0 Å². The third-order valence-electron chi connectivity index (χ3n) is 1.76. The van der Waals surface area contributed by atoms with Gasteiger partial charge in [0.25, 0.3) is 0 Å². The topological polar surface area (TPSA) is 33.0 Å². The molecule has 1 rings (SSSR count). The molecule has 0 aliphatic carbocycles. The molecule has 0 radical (unpaired) electrons. The Morgan fingerprint density at radius 1 is 1.43 bits per heavy atom. The van der Waals surface area contributed by atoms with Gasteiger partial charge >= 0.3 is 0 Å². The molecule has 0 aliphatic heterocycles. The van der Waals surface area contributed by atoms with E-state index in [0.717, 1.165) is 12.2 Å². The van der Waals surface area contributed by atoms with E-state index in [4.69, 9.17) is 10.00 Å². The highest BCUT2D eigenvalue weighted by Crippen LogP contribution is 2.16. The van der Waals surface area contributed by atoms with Gasteiger partial charge in [-0.15, -0.1) is 0 Å². The predicted molar refractivity (Wildman–Crippen MR) is 59.7 cm³/mol. The van der Waals surface area contributed by atoms with E-state index >= 15 is 0 Å². The number of para-hydroxylation sites is 1. The number of nitriles is 1. The van der Waals surface area contributed by atoms with Crippen LogP contribution in [-0.2, 0) is 0 Å². The first kappa shape index (κ1) is 10.9. The minimum Gasteiger partial charge on any atom is -0.492 e. The van der Waals surface area contributed by atoms with Crippen LogP contribution in [0.2, 0.25) is 0 Å². The lowest BCUT2D eigenvalue weighted by molar-refractivity contribution is 0.318. The fourth-order valence-corrected chi connectivity index (χ4v) is 1.48. The summed E-state index contributed by atoms with van der Waals surface area (Å²) in [5.41, 5.74) is 0.608. The maximum atomic E-state index is 8.79. The fraction of sp³-hybridized carbons (Fsp3) is 0.364. The molecule has 0 aliphatic rings. The number of nitrogens with zero attached hydrogens (tertiary/aromatic N) is 1. The van der Waals surface area contributed by atoms with Crippen LogP contribution in [0.3, 0.4) is 0 Å². The van der Waals surface area contributed by atoms with E-state index in [0.29, 0.717) is 17.9 Å². The smallest absolute Gasteiger partial charge is 0.137 e. The lowest BCUT2D eigenvalue weighted by atomic mass is 10.2. The Labute approximate surface area is 88.9 Å². The standard InChI is InChI=1S/C11H13NOS/c1-14-8-4-7-13-11-6-3-2-5-10(11)9-12/h2-3,5-6H,4,7-8H2,1H3. The molecule has 0 saturated heterocycles. The number of hydrogen-bond donors (Lipinski definition) is 0. The Kier molecular flexibility index (Phi) is 4.95. The van der Waals surface area contributed by atoms with Gasteiger partial charge in [0.05, 0.1) is 12.2 Å². The molecule has 0 atom stereocenters. The molecule has 0 saturated carbocycles. The van der Waals surface area contributed by atoms with Gasteiger partial charge in [-0.25, -0.2) is 0 Å². The van der Waals surface area contributed by atoms with E-state index in [1.165, 1.54) is 0 Å². The highest BCUT2D eigenvalue weighted by atomic mass is 32.2. The molecular weight excluding hydrogens is 194 g/mol. The van der Waals surface area contributed by atoms with E-state index in [1.807, 2.05) is 18.2 Å². The van der Waals surface area contributed by atoms with Crippen molar-refractivity contribution in [2.24, 2.45) is 0 Å². The summed E-state index contributed by atoms with van der Waals surface area (Å²) < 4.78 is 5.49. The highest BCUT2D eigenvalue weighted by Gasteiger charge is 2.00. The SMILES string of the molecule is CSCCCOc1ccccc1C#N. The number of hydrogen-bond acceptors (Lipinski definition) is 3. The molecule has 0 amide bonds. The summed E-state index contributed by atoms with van der Waals surface area (Å²) in [6.07, 6.45) is 3.09. The van der Waals surface area contributed by atoms with Crippen LogP contribution < -0.4 is 4.74 Å². The minimum absolute atomic E-state index is 0.608. The molecule has 74 valence electrons. The van der Waals surface area contributed by atoms with Gasteiger partial charge < -0.3 is 4.74 Å². The summed E-state index contributed by atoms with van der Waals surface area (Å²) >= 11 is 1.80. The summed E-state index contributed by atoms with van der Waals surface area (Å²) in [5.74, 6) is 1.78. The van der Waals surface area contributed by atoms with Crippen molar-refractivity contribution in [2.45, 2.75) is 6.42 Å². The summed E-state index contributed by atoms with van der Waals surface area (Å²) in [5, 5.41) is 8.79. The minimum atomic E-state index is 0.608. The van der Waals surface area contributed by atoms with Crippen molar-refractivity contribution in [2.75, 3.05) is 18.6 Å². The Morgan fingerprint density at radius 3 is 2.93 bits per heavy atom. The second-order valence-electron chi connectivity index (χ2n) is 2.80. The third kappa shape index (κ3) is 3.31. The normalized spacial score (nSPS) is 9.43. The first-order valence-electron chi connectivity index (χ1n) is 4.49. The number of thioether (sulfide) groups is 1. The second-order valence-corrected chi connectivity index (χ2v) is 3.79. The van der Waals surface area contributed by atoms with Crippen molar-refractivity contribution in [1.29, 1.82) is 5.26 Å². The Bertz CT molecular complexity index is 319. The van der Waals surface area contributed by atoms with Crippen molar-refractivity contribution in [3.63, 3.8) is 0 Å². The quantitative estimate of drug-likeness (QED) is 0.696. The van der Waals surface area contributed by atoms with Crippen LogP contribution in [0.5, 0.6) is 5.75 Å². The van der Waals surface area contributed by atoms with Crippen LogP contribution in [0.15, 0.2) is 24.3 Å². The van der Waals surface area contributed by atoms with Gasteiger partial charge in [-0.05, 0) is 30.6 Å². The molecule has 0 fully saturated rings. The van der Waals surface area contributed by atoms with Crippen LogP contribution >= 0.6 is 11.8 Å². The monoisotopic (exact) mass is 207 g/mol.